The average Bonchev–Trinajstić information content (AvgIpc) is 2.94. The first kappa shape index (κ1) is 29.5. The highest BCUT2D eigenvalue weighted by atomic mass is 32.2. The van der Waals surface area contributed by atoms with E-state index in [9.17, 15) is 18.0 Å². The first-order valence-electron chi connectivity index (χ1n) is 12.5. The van der Waals surface area contributed by atoms with Crippen LogP contribution in [0.5, 0.6) is 11.5 Å². The van der Waals surface area contributed by atoms with Gasteiger partial charge < -0.3 is 19.7 Å². The van der Waals surface area contributed by atoms with E-state index in [1.165, 1.54) is 24.1 Å². The third kappa shape index (κ3) is 7.29. The lowest BCUT2D eigenvalue weighted by atomic mass is 10.1. The van der Waals surface area contributed by atoms with Gasteiger partial charge in [-0.15, -0.1) is 0 Å². The molecule has 3 aromatic rings. The van der Waals surface area contributed by atoms with Crippen LogP contribution in [0.25, 0.3) is 0 Å². The van der Waals surface area contributed by atoms with Gasteiger partial charge in [0.05, 0.1) is 24.8 Å². The molecule has 3 rings (SSSR count). The Balaban J connectivity index is 2.02. The summed E-state index contributed by atoms with van der Waals surface area (Å²) in [5, 5.41) is 2.75. The first-order chi connectivity index (χ1) is 18.6. The Labute approximate surface area is 230 Å². The van der Waals surface area contributed by atoms with E-state index >= 15 is 0 Å². The second-order valence-corrected chi connectivity index (χ2v) is 10.8. The molecular formula is C29H35N3O6S. The summed E-state index contributed by atoms with van der Waals surface area (Å²) in [5.41, 5.74) is 1.96. The monoisotopic (exact) mass is 553 g/mol. The van der Waals surface area contributed by atoms with E-state index in [1.54, 1.807) is 81.6 Å². The zero-order valence-corrected chi connectivity index (χ0v) is 23.7. The first-order valence-corrected chi connectivity index (χ1v) is 14.0. The van der Waals surface area contributed by atoms with Gasteiger partial charge in [-0.1, -0.05) is 29.8 Å². The molecule has 39 heavy (non-hydrogen) atoms. The van der Waals surface area contributed by atoms with E-state index in [0.717, 1.165) is 15.4 Å². The van der Waals surface area contributed by atoms with E-state index in [-0.39, 0.29) is 17.3 Å². The zero-order chi connectivity index (χ0) is 28.6. The molecule has 0 saturated heterocycles. The van der Waals surface area contributed by atoms with Crippen LogP contribution in [0.15, 0.2) is 77.7 Å². The van der Waals surface area contributed by atoms with Crippen molar-refractivity contribution in [3.63, 3.8) is 0 Å². The number of nitrogens with one attached hydrogen (secondary N) is 1. The van der Waals surface area contributed by atoms with E-state index in [0.29, 0.717) is 23.7 Å². The van der Waals surface area contributed by atoms with Crippen LogP contribution in [0, 0.1) is 6.92 Å². The largest absolute Gasteiger partial charge is 0.497 e. The predicted molar refractivity (Wildman–Crippen MR) is 150 cm³/mol. The summed E-state index contributed by atoms with van der Waals surface area (Å²) in [6, 6.07) is 19.1. The van der Waals surface area contributed by atoms with Crippen LogP contribution >= 0.6 is 0 Å². The SMILES string of the molecule is CCNC(=O)C(C)N(Cc1ccc(OC)cc1)C(=O)CN(c1ccc(OC)cc1)S(=O)(=O)c1ccc(C)cc1. The fourth-order valence-electron chi connectivity index (χ4n) is 3.95. The Morgan fingerprint density at radius 2 is 1.41 bits per heavy atom. The molecule has 2 amide bonds. The topological polar surface area (TPSA) is 105 Å². The van der Waals surface area contributed by atoms with Crippen LogP contribution in [0.1, 0.15) is 25.0 Å². The highest BCUT2D eigenvalue weighted by molar-refractivity contribution is 7.92. The van der Waals surface area contributed by atoms with Gasteiger partial charge in [0.2, 0.25) is 11.8 Å². The van der Waals surface area contributed by atoms with Crippen LogP contribution in [0.2, 0.25) is 0 Å². The number of methoxy groups -OCH3 is 2. The summed E-state index contributed by atoms with van der Waals surface area (Å²) in [4.78, 5) is 28.1. The minimum Gasteiger partial charge on any atom is -0.497 e. The molecule has 0 fully saturated rings. The molecular weight excluding hydrogens is 518 g/mol. The number of benzene rings is 3. The van der Waals surface area contributed by atoms with Crippen molar-refractivity contribution in [2.75, 3.05) is 31.6 Å². The molecule has 1 unspecified atom stereocenters. The number of amides is 2. The molecule has 0 aliphatic carbocycles. The molecule has 0 saturated carbocycles. The molecule has 0 aliphatic heterocycles. The maximum atomic E-state index is 13.9. The van der Waals surface area contributed by atoms with Gasteiger partial charge in [0.25, 0.3) is 10.0 Å². The summed E-state index contributed by atoms with van der Waals surface area (Å²) in [6.07, 6.45) is 0. The number of ether oxygens (including phenoxy) is 2. The summed E-state index contributed by atoms with van der Waals surface area (Å²) in [5.74, 6) is 0.333. The van der Waals surface area contributed by atoms with Crippen LogP contribution < -0.4 is 19.1 Å². The maximum Gasteiger partial charge on any atom is 0.264 e. The third-order valence-electron chi connectivity index (χ3n) is 6.28. The van der Waals surface area contributed by atoms with Gasteiger partial charge >= 0.3 is 0 Å². The number of carbonyl (C=O) groups is 2. The molecule has 0 heterocycles. The quantitative estimate of drug-likeness (QED) is 0.366. The van der Waals surface area contributed by atoms with Crippen molar-refractivity contribution in [1.29, 1.82) is 0 Å². The normalized spacial score (nSPS) is 11.8. The number of anilines is 1. The Bertz CT molecular complexity index is 1360. The fourth-order valence-corrected chi connectivity index (χ4v) is 5.36. The second-order valence-electron chi connectivity index (χ2n) is 8.96. The van der Waals surface area contributed by atoms with Crippen LogP contribution in [-0.4, -0.2) is 58.5 Å². The van der Waals surface area contributed by atoms with Crippen molar-refractivity contribution in [3.8, 4) is 11.5 Å². The zero-order valence-electron chi connectivity index (χ0n) is 22.9. The van der Waals surface area contributed by atoms with Crippen molar-refractivity contribution in [2.45, 2.75) is 38.3 Å². The van der Waals surface area contributed by atoms with Crippen molar-refractivity contribution >= 4 is 27.5 Å². The number of nitrogens with zero attached hydrogens (tertiary/aromatic N) is 2. The van der Waals surface area contributed by atoms with Crippen molar-refractivity contribution in [3.05, 3.63) is 83.9 Å². The number of carbonyl (C=O) groups excluding carboxylic acids is 2. The van der Waals surface area contributed by atoms with E-state index in [2.05, 4.69) is 5.32 Å². The van der Waals surface area contributed by atoms with Gasteiger partial charge in [0.15, 0.2) is 0 Å². The minimum atomic E-state index is -4.13. The molecule has 0 aliphatic rings. The summed E-state index contributed by atoms with van der Waals surface area (Å²) < 4.78 is 39.1. The molecule has 0 bridgehead atoms. The van der Waals surface area contributed by atoms with E-state index in [1.807, 2.05) is 6.92 Å². The number of hydrogen-bond acceptors (Lipinski definition) is 6. The molecule has 10 heteroatoms. The van der Waals surface area contributed by atoms with Gasteiger partial charge in [-0.25, -0.2) is 8.42 Å². The number of sulfonamides is 1. The van der Waals surface area contributed by atoms with Crippen LogP contribution in [0.4, 0.5) is 5.69 Å². The standard InChI is InChI=1S/C29H35N3O6S/c1-6-30-29(34)22(3)31(19-23-9-13-25(37-4)14-10-23)28(33)20-32(24-11-15-26(38-5)16-12-24)39(35,36)27-17-7-21(2)8-18-27/h7-18,22H,6,19-20H2,1-5H3,(H,30,34). The van der Waals surface area contributed by atoms with Crippen molar-refractivity contribution in [2.24, 2.45) is 0 Å². The van der Waals surface area contributed by atoms with Gasteiger partial charge in [-0.3, -0.25) is 13.9 Å². The highest BCUT2D eigenvalue weighted by Gasteiger charge is 2.32. The Hall–Kier alpha value is -4.05. The number of rotatable bonds is 12. The predicted octanol–water partition coefficient (Wildman–Crippen LogP) is 3.76. The van der Waals surface area contributed by atoms with Gasteiger partial charge in [0.1, 0.15) is 24.1 Å². The molecule has 0 spiro atoms. The molecule has 1 atom stereocenters. The van der Waals surface area contributed by atoms with Crippen LogP contribution in [0.3, 0.4) is 0 Å². The second kappa shape index (κ2) is 13.1. The highest BCUT2D eigenvalue weighted by Crippen LogP contribution is 2.27. The lowest BCUT2D eigenvalue weighted by molar-refractivity contribution is -0.139. The molecule has 208 valence electrons. The fraction of sp³-hybridized carbons (Fsp3) is 0.310. The number of hydrogen-bond donors (Lipinski definition) is 1. The average molecular weight is 554 g/mol. The van der Waals surface area contributed by atoms with Gasteiger partial charge in [0, 0.05) is 13.1 Å². The van der Waals surface area contributed by atoms with Crippen LogP contribution in [-0.2, 0) is 26.2 Å². The third-order valence-corrected chi connectivity index (χ3v) is 8.07. The molecule has 9 nitrogen and oxygen atoms in total. The Kier molecular flexibility index (Phi) is 9.95. The van der Waals surface area contributed by atoms with Gasteiger partial charge in [-0.05, 0) is 74.9 Å². The molecule has 0 radical (unpaired) electrons. The lowest BCUT2D eigenvalue weighted by Gasteiger charge is -2.32. The number of aryl methyl sites for hydroxylation is 1. The van der Waals surface area contributed by atoms with Gasteiger partial charge in [-0.2, -0.15) is 0 Å². The molecule has 3 aromatic carbocycles. The Morgan fingerprint density at radius 3 is 1.92 bits per heavy atom. The Morgan fingerprint density at radius 1 is 0.872 bits per heavy atom. The summed E-state index contributed by atoms with van der Waals surface area (Å²) >= 11 is 0. The van der Waals surface area contributed by atoms with E-state index < -0.39 is 28.5 Å². The van der Waals surface area contributed by atoms with Crippen molar-refractivity contribution < 1.29 is 27.5 Å². The summed E-state index contributed by atoms with van der Waals surface area (Å²) in [7, 11) is -1.06. The minimum absolute atomic E-state index is 0.0511. The summed E-state index contributed by atoms with van der Waals surface area (Å²) in [6.45, 7) is 5.26. The van der Waals surface area contributed by atoms with Crippen molar-refractivity contribution in [1.82, 2.24) is 10.2 Å². The molecule has 0 aromatic heterocycles. The molecule has 1 N–H and O–H groups in total. The smallest absolute Gasteiger partial charge is 0.264 e. The number of likely N-dealkylation sites (N-methyl/N-ethyl adjacent to an activating group) is 1. The van der Waals surface area contributed by atoms with E-state index in [4.69, 9.17) is 9.47 Å². The maximum absolute atomic E-state index is 13.9. The lowest BCUT2D eigenvalue weighted by Crippen LogP contribution is -2.51.